The van der Waals surface area contributed by atoms with Crippen LogP contribution >= 0.6 is 0 Å². The van der Waals surface area contributed by atoms with Crippen LogP contribution < -0.4 is 5.32 Å². The van der Waals surface area contributed by atoms with Crippen LogP contribution in [-0.4, -0.2) is 13.1 Å². The van der Waals surface area contributed by atoms with Gasteiger partial charge in [0, 0.05) is 6.54 Å². The van der Waals surface area contributed by atoms with Crippen molar-refractivity contribution in [1.82, 2.24) is 5.32 Å². The summed E-state index contributed by atoms with van der Waals surface area (Å²) in [5.74, 6) is 0.801. The van der Waals surface area contributed by atoms with Crippen molar-refractivity contribution in [3.05, 3.63) is 0 Å². The zero-order chi connectivity index (χ0) is 12.2. The fraction of sp³-hybridized carbons (Fsp3) is 0.929. The molecular weight excluding hydrogens is 196 g/mol. The molecule has 0 bridgehead atoms. The minimum absolute atomic E-state index is 0.156. The van der Waals surface area contributed by atoms with Gasteiger partial charge in [-0.2, -0.15) is 5.26 Å². The van der Waals surface area contributed by atoms with Crippen LogP contribution in [0.3, 0.4) is 0 Å². The molecule has 0 aromatic heterocycles. The summed E-state index contributed by atoms with van der Waals surface area (Å²) < 4.78 is 0. The number of nitrogens with one attached hydrogen (secondary N) is 1. The topological polar surface area (TPSA) is 35.8 Å². The molecule has 0 aliphatic heterocycles. The molecule has 92 valence electrons. The van der Waals surface area contributed by atoms with Crippen molar-refractivity contribution in [3.8, 4) is 6.07 Å². The van der Waals surface area contributed by atoms with E-state index in [-0.39, 0.29) is 5.41 Å². The molecule has 0 amide bonds. The maximum atomic E-state index is 8.89. The maximum Gasteiger partial charge on any atom is 0.0683 e. The van der Waals surface area contributed by atoms with Crippen molar-refractivity contribution in [3.63, 3.8) is 0 Å². The summed E-state index contributed by atoms with van der Waals surface area (Å²) in [6.07, 6.45) is 4.88. The Balaban J connectivity index is 2.08. The first kappa shape index (κ1) is 13.5. The van der Waals surface area contributed by atoms with Gasteiger partial charge >= 0.3 is 0 Å². The molecule has 1 rings (SSSR count). The fourth-order valence-corrected chi connectivity index (χ4v) is 2.17. The summed E-state index contributed by atoms with van der Waals surface area (Å²) in [7, 11) is 0. The van der Waals surface area contributed by atoms with Crippen LogP contribution in [0.2, 0.25) is 0 Å². The third-order valence-corrected chi connectivity index (χ3v) is 4.05. The lowest BCUT2D eigenvalue weighted by atomic mass is 9.89. The maximum absolute atomic E-state index is 8.89. The van der Waals surface area contributed by atoms with Crippen LogP contribution in [0.15, 0.2) is 0 Å². The van der Waals surface area contributed by atoms with E-state index in [0.29, 0.717) is 5.41 Å². The molecule has 0 saturated heterocycles. The average Bonchev–Trinajstić information content (AvgIpc) is 2.98. The third kappa shape index (κ3) is 3.79. The van der Waals surface area contributed by atoms with E-state index in [4.69, 9.17) is 5.26 Å². The highest BCUT2D eigenvalue weighted by atomic mass is 14.9. The summed E-state index contributed by atoms with van der Waals surface area (Å²) in [5, 5.41) is 12.4. The Morgan fingerprint density at radius 2 is 2.00 bits per heavy atom. The predicted molar refractivity (Wildman–Crippen MR) is 68.0 cm³/mol. The minimum Gasteiger partial charge on any atom is -0.316 e. The number of rotatable bonds is 7. The summed E-state index contributed by atoms with van der Waals surface area (Å²) >= 11 is 0. The standard InChI is InChI=1S/C14H26N2/c1-12(2)14(7-8-14)11-16-9-5-6-13(3,4)10-15/h12,16H,5-9,11H2,1-4H3. The van der Waals surface area contributed by atoms with Crippen LogP contribution in [0.25, 0.3) is 0 Å². The Labute approximate surface area is 100 Å². The molecule has 0 aromatic rings. The molecule has 0 radical (unpaired) electrons. The Hall–Kier alpha value is -0.550. The van der Waals surface area contributed by atoms with Gasteiger partial charge in [-0.25, -0.2) is 0 Å². The molecule has 1 saturated carbocycles. The van der Waals surface area contributed by atoms with E-state index in [0.717, 1.165) is 31.8 Å². The van der Waals surface area contributed by atoms with Crippen LogP contribution in [-0.2, 0) is 0 Å². The normalized spacial score (nSPS) is 18.5. The van der Waals surface area contributed by atoms with Crippen molar-refractivity contribution < 1.29 is 0 Å². The quantitative estimate of drug-likeness (QED) is 0.671. The highest BCUT2D eigenvalue weighted by molar-refractivity contribution is 4.97. The first-order valence-electron chi connectivity index (χ1n) is 6.54. The van der Waals surface area contributed by atoms with Crippen molar-refractivity contribution >= 4 is 0 Å². The van der Waals surface area contributed by atoms with Crippen LogP contribution in [0.1, 0.15) is 53.4 Å². The zero-order valence-electron chi connectivity index (χ0n) is 11.3. The van der Waals surface area contributed by atoms with Crippen molar-refractivity contribution in [2.24, 2.45) is 16.7 Å². The summed E-state index contributed by atoms with van der Waals surface area (Å²) in [6.45, 7) is 10.9. The number of hydrogen-bond acceptors (Lipinski definition) is 2. The highest BCUT2D eigenvalue weighted by Gasteiger charge is 2.44. The van der Waals surface area contributed by atoms with Crippen molar-refractivity contribution in [1.29, 1.82) is 5.26 Å². The lowest BCUT2D eigenvalue weighted by molar-refractivity contribution is 0.332. The Bertz CT molecular complexity index is 256. The van der Waals surface area contributed by atoms with Gasteiger partial charge in [-0.15, -0.1) is 0 Å². The largest absolute Gasteiger partial charge is 0.316 e. The second-order valence-electron chi connectivity index (χ2n) is 6.29. The van der Waals surface area contributed by atoms with E-state index in [1.54, 1.807) is 0 Å². The van der Waals surface area contributed by atoms with Gasteiger partial charge in [-0.1, -0.05) is 13.8 Å². The van der Waals surface area contributed by atoms with Crippen LogP contribution in [0.5, 0.6) is 0 Å². The molecule has 0 spiro atoms. The predicted octanol–water partition coefficient (Wildman–Crippen LogP) is 3.34. The first-order valence-corrected chi connectivity index (χ1v) is 6.54. The Kier molecular flexibility index (Phi) is 4.38. The second-order valence-corrected chi connectivity index (χ2v) is 6.29. The van der Waals surface area contributed by atoms with Crippen molar-refractivity contribution in [2.75, 3.05) is 13.1 Å². The van der Waals surface area contributed by atoms with Gasteiger partial charge < -0.3 is 5.32 Å². The lowest BCUT2D eigenvalue weighted by Gasteiger charge is -2.21. The molecule has 0 aromatic carbocycles. The van der Waals surface area contributed by atoms with Gasteiger partial charge in [0.1, 0.15) is 0 Å². The van der Waals surface area contributed by atoms with Crippen molar-refractivity contribution in [2.45, 2.75) is 53.4 Å². The molecule has 2 heteroatoms. The van der Waals surface area contributed by atoms with E-state index < -0.39 is 0 Å². The molecule has 2 nitrogen and oxygen atoms in total. The lowest BCUT2D eigenvalue weighted by Crippen LogP contribution is -2.28. The molecular formula is C14H26N2. The van der Waals surface area contributed by atoms with Gasteiger partial charge in [-0.05, 0) is 57.4 Å². The smallest absolute Gasteiger partial charge is 0.0683 e. The van der Waals surface area contributed by atoms with Gasteiger partial charge in [-0.3, -0.25) is 0 Å². The molecule has 1 aliphatic rings. The SMILES string of the molecule is CC(C)C1(CNCCCC(C)(C)C#N)CC1. The number of nitrogens with zero attached hydrogens (tertiary/aromatic N) is 1. The third-order valence-electron chi connectivity index (χ3n) is 4.05. The van der Waals surface area contributed by atoms with E-state index in [2.05, 4.69) is 25.2 Å². The molecule has 0 heterocycles. The Morgan fingerprint density at radius 1 is 1.38 bits per heavy atom. The highest BCUT2D eigenvalue weighted by Crippen LogP contribution is 2.51. The molecule has 1 fully saturated rings. The van der Waals surface area contributed by atoms with E-state index in [1.165, 1.54) is 12.8 Å². The molecule has 1 N–H and O–H groups in total. The molecule has 0 unspecified atom stereocenters. The average molecular weight is 222 g/mol. The van der Waals surface area contributed by atoms with E-state index in [1.807, 2.05) is 13.8 Å². The number of nitriles is 1. The molecule has 16 heavy (non-hydrogen) atoms. The first-order chi connectivity index (χ1) is 7.42. The summed E-state index contributed by atoms with van der Waals surface area (Å²) in [6, 6.07) is 2.35. The minimum atomic E-state index is -0.156. The van der Waals surface area contributed by atoms with E-state index in [9.17, 15) is 0 Å². The van der Waals surface area contributed by atoms with E-state index >= 15 is 0 Å². The molecule has 0 atom stereocenters. The van der Waals surface area contributed by atoms with Gasteiger partial charge in [0.05, 0.1) is 11.5 Å². The summed E-state index contributed by atoms with van der Waals surface area (Å²) in [4.78, 5) is 0. The molecule has 1 aliphatic carbocycles. The fourth-order valence-electron chi connectivity index (χ4n) is 2.17. The monoisotopic (exact) mass is 222 g/mol. The number of hydrogen-bond donors (Lipinski definition) is 1. The van der Waals surface area contributed by atoms with Crippen LogP contribution in [0, 0.1) is 28.1 Å². The Morgan fingerprint density at radius 3 is 2.44 bits per heavy atom. The zero-order valence-corrected chi connectivity index (χ0v) is 11.3. The van der Waals surface area contributed by atoms with Gasteiger partial charge in [0.15, 0.2) is 0 Å². The van der Waals surface area contributed by atoms with Crippen LogP contribution in [0.4, 0.5) is 0 Å². The van der Waals surface area contributed by atoms with Gasteiger partial charge in [0.25, 0.3) is 0 Å². The van der Waals surface area contributed by atoms with Gasteiger partial charge in [0.2, 0.25) is 0 Å². The summed E-state index contributed by atoms with van der Waals surface area (Å²) in [5.41, 5.74) is 0.446. The second kappa shape index (κ2) is 5.19.